The molecule has 0 amide bonds. The van der Waals surface area contributed by atoms with Crippen LogP contribution in [0.3, 0.4) is 0 Å². The molecule has 11 heteroatoms. The molecule has 0 saturated carbocycles. The summed E-state index contributed by atoms with van der Waals surface area (Å²) >= 11 is 0. The molecule has 39 heavy (non-hydrogen) atoms. The number of rotatable bonds is 4. The summed E-state index contributed by atoms with van der Waals surface area (Å²) in [7, 11) is 0. The highest BCUT2D eigenvalue weighted by Gasteiger charge is 2.42. The molecular weight excluding hydrogens is 506 g/mol. The molecule has 0 heterocycles. The first kappa shape index (κ1) is 23.6. The van der Waals surface area contributed by atoms with Crippen molar-refractivity contribution in [2.24, 2.45) is 0 Å². The number of nitro groups is 2. The van der Waals surface area contributed by atoms with Crippen molar-refractivity contribution in [3.63, 3.8) is 0 Å². The van der Waals surface area contributed by atoms with E-state index in [1.54, 1.807) is 12.1 Å². The maximum Gasteiger partial charge on any atom is 0.369 e. The van der Waals surface area contributed by atoms with Crippen molar-refractivity contribution in [1.82, 2.24) is 0 Å². The van der Waals surface area contributed by atoms with E-state index in [4.69, 9.17) is 0 Å². The van der Waals surface area contributed by atoms with Gasteiger partial charge in [0.1, 0.15) is 5.69 Å². The zero-order valence-electron chi connectivity index (χ0n) is 19.6. The summed E-state index contributed by atoms with van der Waals surface area (Å²) in [6.45, 7) is 0. The molecule has 0 aromatic heterocycles. The van der Waals surface area contributed by atoms with Crippen molar-refractivity contribution in [2.45, 2.75) is 0 Å². The lowest BCUT2D eigenvalue weighted by Crippen LogP contribution is -2.24. The number of ketones is 4. The van der Waals surface area contributed by atoms with Crippen molar-refractivity contribution in [2.75, 3.05) is 5.32 Å². The van der Waals surface area contributed by atoms with Crippen LogP contribution in [0.25, 0.3) is 0 Å². The van der Waals surface area contributed by atoms with Gasteiger partial charge in [-0.2, -0.15) is 0 Å². The maximum atomic E-state index is 13.6. The second kappa shape index (κ2) is 8.35. The standard InChI is InChI=1S/C28H13N3O8/c32-25-13-6-1-3-8-15(13)27(34)21-17(25)10-5-11-19(21)29-23-22-18(12-20(30(36)37)24(23)31(38)39)26(33)14-7-2-4-9-16(14)28(22)35/h1-12,29H. The third kappa shape index (κ3) is 3.30. The Kier molecular flexibility index (Phi) is 5.04. The molecule has 1 N–H and O–H groups in total. The Balaban J connectivity index is 1.64. The van der Waals surface area contributed by atoms with Gasteiger partial charge in [0.25, 0.3) is 0 Å². The number of nitrogens with one attached hydrogen (secondary N) is 1. The van der Waals surface area contributed by atoms with Gasteiger partial charge >= 0.3 is 11.4 Å². The van der Waals surface area contributed by atoms with Crippen molar-refractivity contribution >= 4 is 45.9 Å². The number of anilines is 2. The van der Waals surface area contributed by atoms with E-state index < -0.39 is 61.2 Å². The summed E-state index contributed by atoms with van der Waals surface area (Å²) in [5, 5.41) is 26.7. The van der Waals surface area contributed by atoms with Gasteiger partial charge < -0.3 is 5.32 Å². The zero-order valence-corrected chi connectivity index (χ0v) is 19.6. The van der Waals surface area contributed by atoms with E-state index in [2.05, 4.69) is 5.32 Å². The van der Waals surface area contributed by atoms with Gasteiger partial charge in [-0.25, -0.2) is 0 Å². The highest BCUT2D eigenvalue weighted by molar-refractivity contribution is 6.32. The minimum Gasteiger partial charge on any atom is -0.348 e. The molecule has 0 fully saturated rings. The molecule has 0 aliphatic heterocycles. The largest absolute Gasteiger partial charge is 0.369 e. The Labute approximate surface area is 218 Å². The van der Waals surface area contributed by atoms with Crippen molar-refractivity contribution in [3.05, 3.63) is 138 Å². The fraction of sp³-hybridized carbons (Fsp3) is 0. The average Bonchev–Trinajstić information content (AvgIpc) is 2.93. The third-order valence-corrected chi connectivity index (χ3v) is 6.76. The van der Waals surface area contributed by atoms with Gasteiger partial charge in [-0.05, 0) is 6.07 Å². The molecule has 2 aliphatic carbocycles. The fourth-order valence-electron chi connectivity index (χ4n) is 5.06. The smallest absolute Gasteiger partial charge is 0.348 e. The second-order valence-electron chi connectivity index (χ2n) is 8.82. The Bertz CT molecular complexity index is 1880. The minimum absolute atomic E-state index is 0.00132. The predicted octanol–water partition coefficient (Wildman–Crippen LogP) is 4.80. The monoisotopic (exact) mass is 519 g/mol. The number of carbonyl (C=O) groups excluding carboxylic acids is 4. The molecule has 0 saturated heterocycles. The van der Waals surface area contributed by atoms with Crippen LogP contribution in [-0.2, 0) is 0 Å². The number of nitro benzene ring substituents is 2. The summed E-state index contributed by atoms with van der Waals surface area (Å²) in [6.07, 6.45) is 0. The topological polar surface area (TPSA) is 167 Å². The van der Waals surface area contributed by atoms with Crippen molar-refractivity contribution in [1.29, 1.82) is 0 Å². The van der Waals surface area contributed by atoms with Gasteiger partial charge in [-0.1, -0.05) is 60.7 Å². The van der Waals surface area contributed by atoms with E-state index in [9.17, 15) is 39.4 Å². The molecular formula is C28H13N3O8. The van der Waals surface area contributed by atoms with Crippen LogP contribution in [0.15, 0.2) is 72.8 Å². The van der Waals surface area contributed by atoms with E-state index in [-0.39, 0.29) is 39.1 Å². The van der Waals surface area contributed by atoms with E-state index in [1.807, 2.05) is 0 Å². The molecule has 2 aliphatic rings. The van der Waals surface area contributed by atoms with Crippen LogP contribution in [0.2, 0.25) is 0 Å². The molecule has 0 spiro atoms. The van der Waals surface area contributed by atoms with Crippen LogP contribution in [0, 0.1) is 20.2 Å². The van der Waals surface area contributed by atoms with Crippen LogP contribution >= 0.6 is 0 Å². The molecule has 188 valence electrons. The van der Waals surface area contributed by atoms with Crippen LogP contribution in [0.4, 0.5) is 22.7 Å². The lowest BCUT2D eigenvalue weighted by molar-refractivity contribution is -0.421. The Hall–Kier alpha value is -5.84. The highest BCUT2D eigenvalue weighted by atomic mass is 16.6. The van der Waals surface area contributed by atoms with Crippen molar-refractivity contribution < 1.29 is 29.0 Å². The summed E-state index contributed by atoms with van der Waals surface area (Å²) in [6, 6.07) is 16.9. The molecule has 0 bridgehead atoms. The molecule has 0 unspecified atom stereocenters. The maximum absolute atomic E-state index is 13.6. The number of nitrogens with zero attached hydrogens (tertiary/aromatic N) is 2. The Morgan fingerprint density at radius 2 is 1.03 bits per heavy atom. The third-order valence-electron chi connectivity index (χ3n) is 6.76. The molecule has 4 aromatic rings. The van der Waals surface area contributed by atoms with E-state index in [0.29, 0.717) is 0 Å². The molecule has 0 atom stereocenters. The fourth-order valence-corrected chi connectivity index (χ4v) is 5.06. The molecule has 11 nitrogen and oxygen atoms in total. The van der Waals surface area contributed by atoms with E-state index >= 15 is 0 Å². The highest BCUT2D eigenvalue weighted by Crippen LogP contribution is 2.45. The van der Waals surface area contributed by atoms with Gasteiger partial charge in [-0.15, -0.1) is 0 Å². The van der Waals surface area contributed by atoms with Gasteiger partial charge in [0.2, 0.25) is 0 Å². The Morgan fingerprint density at radius 3 is 1.56 bits per heavy atom. The molecule has 4 aromatic carbocycles. The molecule has 6 rings (SSSR count). The van der Waals surface area contributed by atoms with Gasteiger partial charge in [0.05, 0.1) is 26.7 Å². The van der Waals surface area contributed by atoms with Gasteiger partial charge in [-0.3, -0.25) is 39.4 Å². The first-order valence-corrected chi connectivity index (χ1v) is 11.5. The van der Waals surface area contributed by atoms with E-state index in [0.717, 1.165) is 6.07 Å². The predicted molar refractivity (Wildman–Crippen MR) is 136 cm³/mol. The van der Waals surface area contributed by atoms with Crippen LogP contribution in [-0.4, -0.2) is 33.0 Å². The van der Waals surface area contributed by atoms with Crippen LogP contribution < -0.4 is 5.32 Å². The lowest BCUT2D eigenvalue weighted by Gasteiger charge is -2.23. The normalized spacial score (nSPS) is 13.2. The second-order valence-corrected chi connectivity index (χ2v) is 8.82. The summed E-state index contributed by atoms with van der Waals surface area (Å²) in [5.74, 6) is -2.51. The first-order valence-electron chi connectivity index (χ1n) is 11.5. The van der Waals surface area contributed by atoms with Crippen LogP contribution in [0.5, 0.6) is 0 Å². The summed E-state index contributed by atoms with van der Waals surface area (Å²) in [5.41, 5.74) is -3.47. The zero-order chi connectivity index (χ0) is 27.6. The number of carbonyl (C=O) groups is 4. The van der Waals surface area contributed by atoms with E-state index in [1.165, 1.54) is 54.6 Å². The van der Waals surface area contributed by atoms with Gasteiger partial charge in [0, 0.05) is 39.4 Å². The first-order chi connectivity index (χ1) is 18.7. The quantitative estimate of drug-likeness (QED) is 0.254. The Morgan fingerprint density at radius 1 is 0.538 bits per heavy atom. The van der Waals surface area contributed by atoms with Crippen molar-refractivity contribution in [3.8, 4) is 0 Å². The average molecular weight is 519 g/mol. The SMILES string of the molecule is O=C1c2ccccc2C(=O)c2c(Nc3c4c(cc([N+](=O)[O-])c3[N+](=O)[O-])C(=O)c3ccccc3C4=O)cccc21. The summed E-state index contributed by atoms with van der Waals surface area (Å²) < 4.78 is 0. The number of benzene rings is 4. The lowest BCUT2D eigenvalue weighted by atomic mass is 9.81. The van der Waals surface area contributed by atoms with Gasteiger partial charge in [0.15, 0.2) is 23.1 Å². The summed E-state index contributed by atoms with van der Waals surface area (Å²) in [4.78, 5) is 75.5. The molecule has 0 radical (unpaired) electrons. The minimum atomic E-state index is -1.06. The number of fused-ring (bicyclic) bond motifs is 4. The number of hydrogen-bond acceptors (Lipinski definition) is 9. The van der Waals surface area contributed by atoms with Crippen LogP contribution in [0.1, 0.15) is 63.7 Å². The number of hydrogen-bond donors (Lipinski definition) is 1.